The standard InChI is InChI=1S/C14H26N2/c1-12(13-8-4-2-3-5-9-13)16-14-10-6-7-11-15-14/h12-13H,2-11H2,1H3,(H,15,16)/t12-/m0/s1. The van der Waals surface area contributed by atoms with Gasteiger partial charge in [-0.3, -0.25) is 4.99 Å². The Morgan fingerprint density at radius 2 is 1.81 bits per heavy atom. The number of nitrogens with one attached hydrogen (secondary N) is 1. The van der Waals surface area contributed by atoms with E-state index in [4.69, 9.17) is 0 Å². The van der Waals surface area contributed by atoms with E-state index in [1.807, 2.05) is 0 Å². The summed E-state index contributed by atoms with van der Waals surface area (Å²) < 4.78 is 0. The Kier molecular flexibility index (Phi) is 4.68. The van der Waals surface area contributed by atoms with Gasteiger partial charge in [0.1, 0.15) is 0 Å². The van der Waals surface area contributed by atoms with Gasteiger partial charge in [-0.1, -0.05) is 25.7 Å². The largest absolute Gasteiger partial charge is 0.371 e. The van der Waals surface area contributed by atoms with Crippen LogP contribution in [0.1, 0.15) is 64.7 Å². The predicted octanol–water partition coefficient (Wildman–Crippen LogP) is 3.52. The van der Waals surface area contributed by atoms with Gasteiger partial charge in [-0.25, -0.2) is 0 Å². The number of nitrogens with zero attached hydrogens (tertiary/aromatic N) is 1. The van der Waals surface area contributed by atoms with Crippen LogP contribution in [0, 0.1) is 5.92 Å². The van der Waals surface area contributed by atoms with Crippen molar-refractivity contribution in [2.24, 2.45) is 10.9 Å². The molecule has 2 heteroatoms. The molecule has 0 bridgehead atoms. The first kappa shape index (κ1) is 11.9. The monoisotopic (exact) mass is 222 g/mol. The molecule has 1 fully saturated rings. The number of aliphatic imine (C=N–C) groups is 1. The maximum absolute atomic E-state index is 4.59. The van der Waals surface area contributed by atoms with Crippen LogP contribution in [0.4, 0.5) is 0 Å². The third kappa shape index (κ3) is 3.50. The van der Waals surface area contributed by atoms with E-state index in [1.54, 1.807) is 0 Å². The molecule has 2 rings (SSSR count). The van der Waals surface area contributed by atoms with Crippen LogP contribution in [0.15, 0.2) is 4.99 Å². The first-order valence-corrected chi connectivity index (χ1v) is 7.16. The van der Waals surface area contributed by atoms with Crippen molar-refractivity contribution in [3.05, 3.63) is 0 Å². The fraction of sp³-hybridized carbons (Fsp3) is 0.929. The number of amidine groups is 1. The Morgan fingerprint density at radius 1 is 1.06 bits per heavy atom. The van der Waals surface area contributed by atoms with Crippen LogP contribution in [0.3, 0.4) is 0 Å². The summed E-state index contributed by atoms with van der Waals surface area (Å²) in [6.45, 7) is 3.40. The summed E-state index contributed by atoms with van der Waals surface area (Å²) in [5.74, 6) is 2.16. The van der Waals surface area contributed by atoms with E-state index < -0.39 is 0 Å². The Hall–Kier alpha value is -0.530. The van der Waals surface area contributed by atoms with Crippen LogP contribution >= 0.6 is 0 Å². The zero-order chi connectivity index (χ0) is 11.2. The molecule has 1 aliphatic carbocycles. The second kappa shape index (κ2) is 6.27. The van der Waals surface area contributed by atoms with E-state index in [2.05, 4.69) is 17.2 Å². The molecule has 0 saturated heterocycles. The van der Waals surface area contributed by atoms with Gasteiger partial charge in [0.25, 0.3) is 0 Å². The maximum Gasteiger partial charge on any atom is 0.0965 e. The molecule has 1 aliphatic heterocycles. The first-order chi connectivity index (χ1) is 7.86. The van der Waals surface area contributed by atoms with Gasteiger partial charge in [-0.2, -0.15) is 0 Å². The van der Waals surface area contributed by atoms with E-state index in [0.717, 1.165) is 12.5 Å². The molecule has 0 spiro atoms. The van der Waals surface area contributed by atoms with Gasteiger partial charge in [0.15, 0.2) is 0 Å². The van der Waals surface area contributed by atoms with Gasteiger partial charge in [-0.05, 0) is 38.5 Å². The average Bonchev–Trinajstić information content (AvgIpc) is 2.59. The van der Waals surface area contributed by atoms with Gasteiger partial charge in [0, 0.05) is 19.0 Å². The minimum atomic E-state index is 0.634. The molecule has 0 aromatic carbocycles. The summed E-state index contributed by atoms with van der Waals surface area (Å²) in [6, 6.07) is 0.634. The van der Waals surface area contributed by atoms with Crippen molar-refractivity contribution in [2.45, 2.75) is 70.8 Å². The highest BCUT2D eigenvalue weighted by Gasteiger charge is 2.20. The SMILES string of the molecule is C[C@H](NC1=NCCCC1)C1CCCCCC1. The first-order valence-electron chi connectivity index (χ1n) is 7.16. The van der Waals surface area contributed by atoms with Crippen LogP contribution in [0.2, 0.25) is 0 Å². The predicted molar refractivity (Wildman–Crippen MR) is 69.9 cm³/mol. The summed E-state index contributed by atoms with van der Waals surface area (Å²) in [5, 5.41) is 3.67. The number of rotatable bonds is 2. The fourth-order valence-corrected chi connectivity index (χ4v) is 3.01. The molecule has 0 aromatic rings. The minimum Gasteiger partial charge on any atom is -0.371 e. The van der Waals surface area contributed by atoms with Crippen LogP contribution in [-0.4, -0.2) is 18.4 Å². The lowest BCUT2D eigenvalue weighted by atomic mass is 9.93. The topological polar surface area (TPSA) is 24.4 Å². The van der Waals surface area contributed by atoms with Gasteiger partial charge in [0.2, 0.25) is 0 Å². The highest BCUT2D eigenvalue weighted by atomic mass is 15.0. The molecule has 0 aromatic heterocycles. The van der Waals surface area contributed by atoms with Crippen molar-refractivity contribution in [3.8, 4) is 0 Å². The molecule has 1 heterocycles. The van der Waals surface area contributed by atoms with Gasteiger partial charge in [-0.15, -0.1) is 0 Å². The molecular weight excluding hydrogens is 196 g/mol. The summed E-state index contributed by atoms with van der Waals surface area (Å²) in [5.41, 5.74) is 0. The zero-order valence-electron chi connectivity index (χ0n) is 10.7. The van der Waals surface area contributed by atoms with Crippen LogP contribution in [0.25, 0.3) is 0 Å². The molecule has 2 aliphatic rings. The van der Waals surface area contributed by atoms with E-state index in [1.165, 1.54) is 63.6 Å². The van der Waals surface area contributed by atoms with Crippen molar-refractivity contribution in [2.75, 3.05) is 6.54 Å². The average molecular weight is 222 g/mol. The molecule has 0 unspecified atom stereocenters. The summed E-state index contributed by atoms with van der Waals surface area (Å²) in [7, 11) is 0. The normalized spacial score (nSPS) is 25.7. The maximum atomic E-state index is 4.59. The highest BCUT2D eigenvalue weighted by molar-refractivity contribution is 5.82. The van der Waals surface area contributed by atoms with Crippen molar-refractivity contribution in [1.82, 2.24) is 5.32 Å². The van der Waals surface area contributed by atoms with E-state index in [0.29, 0.717) is 6.04 Å². The van der Waals surface area contributed by atoms with Gasteiger partial charge >= 0.3 is 0 Å². The summed E-state index contributed by atoms with van der Waals surface area (Å²) in [6.07, 6.45) is 12.4. The summed E-state index contributed by atoms with van der Waals surface area (Å²) >= 11 is 0. The molecule has 1 atom stereocenters. The van der Waals surface area contributed by atoms with Crippen molar-refractivity contribution in [1.29, 1.82) is 0 Å². The Labute approximate surface area is 99.9 Å². The second-order valence-electron chi connectivity index (χ2n) is 5.47. The van der Waals surface area contributed by atoms with Crippen LogP contribution in [-0.2, 0) is 0 Å². The second-order valence-corrected chi connectivity index (χ2v) is 5.47. The molecule has 1 N–H and O–H groups in total. The van der Waals surface area contributed by atoms with E-state index in [-0.39, 0.29) is 0 Å². The van der Waals surface area contributed by atoms with Crippen molar-refractivity contribution < 1.29 is 0 Å². The molecule has 1 saturated carbocycles. The molecule has 16 heavy (non-hydrogen) atoms. The van der Waals surface area contributed by atoms with Crippen molar-refractivity contribution >= 4 is 5.84 Å². The lowest BCUT2D eigenvalue weighted by Crippen LogP contribution is -2.38. The van der Waals surface area contributed by atoms with Crippen molar-refractivity contribution in [3.63, 3.8) is 0 Å². The van der Waals surface area contributed by atoms with Crippen LogP contribution in [0.5, 0.6) is 0 Å². The molecule has 2 nitrogen and oxygen atoms in total. The third-order valence-electron chi connectivity index (χ3n) is 4.13. The minimum absolute atomic E-state index is 0.634. The number of hydrogen-bond acceptors (Lipinski definition) is 2. The lowest BCUT2D eigenvalue weighted by molar-refractivity contribution is 0.367. The molecule has 0 radical (unpaired) electrons. The Morgan fingerprint density at radius 3 is 2.44 bits per heavy atom. The fourth-order valence-electron chi connectivity index (χ4n) is 3.01. The molecule has 0 amide bonds. The molecule has 92 valence electrons. The van der Waals surface area contributed by atoms with Gasteiger partial charge < -0.3 is 5.32 Å². The number of hydrogen-bond donors (Lipinski definition) is 1. The smallest absolute Gasteiger partial charge is 0.0965 e. The third-order valence-corrected chi connectivity index (χ3v) is 4.13. The lowest BCUT2D eigenvalue weighted by Gasteiger charge is -2.26. The van der Waals surface area contributed by atoms with E-state index >= 15 is 0 Å². The highest BCUT2D eigenvalue weighted by Crippen LogP contribution is 2.25. The van der Waals surface area contributed by atoms with Gasteiger partial charge in [0.05, 0.1) is 5.84 Å². The van der Waals surface area contributed by atoms with Crippen LogP contribution < -0.4 is 5.32 Å². The van der Waals surface area contributed by atoms with E-state index in [9.17, 15) is 0 Å². The Bertz CT molecular complexity index is 227. The quantitative estimate of drug-likeness (QED) is 0.710. The zero-order valence-corrected chi connectivity index (χ0v) is 10.7. The molecular formula is C14H26N2. The summed E-state index contributed by atoms with van der Waals surface area (Å²) in [4.78, 5) is 4.59. The Balaban J connectivity index is 1.81.